The van der Waals surface area contributed by atoms with Crippen molar-refractivity contribution in [2.45, 2.75) is 58.8 Å². The van der Waals surface area contributed by atoms with E-state index in [1.165, 1.54) is 37.1 Å². The van der Waals surface area contributed by atoms with E-state index in [0.29, 0.717) is 18.1 Å². The zero-order valence-electron chi connectivity index (χ0n) is 18.3. The topological polar surface area (TPSA) is 9.23 Å². The van der Waals surface area contributed by atoms with Gasteiger partial charge in [0.1, 0.15) is 11.6 Å². The first-order valence-electron chi connectivity index (χ1n) is 11.3. The number of ether oxygens (including phenoxy) is 1. The van der Waals surface area contributed by atoms with E-state index in [4.69, 9.17) is 4.74 Å². The Morgan fingerprint density at radius 2 is 1.44 bits per heavy atom. The van der Waals surface area contributed by atoms with E-state index in [0.717, 1.165) is 37.2 Å². The fourth-order valence-corrected chi connectivity index (χ4v) is 4.71. The van der Waals surface area contributed by atoms with Gasteiger partial charge in [-0.3, -0.25) is 0 Å². The number of rotatable bonds is 6. The van der Waals surface area contributed by atoms with Crippen LogP contribution >= 0.6 is 0 Å². The smallest absolute Gasteiger partial charge is 0.194 e. The van der Waals surface area contributed by atoms with Crippen LogP contribution in [-0.2, 0) is 0 Å². The lowest BCUT2D eigenvalue weighted by Gasteiger charge is -2.28. The maximum absolute atomic E-state index is 15.1. The van der Waals surface area contributed by atoms with Gasteiger partial charge in [-0.25, -0.2) is 22.0 Å². The van der Waals surface area contributed by atoms with Crippen LogP contribution in [-0.4, -0.2) is 0 Å². The van der Waals surface area contributed by atoms with E-state index >= 15 is 8.78 Å². The highest BCUT2D eigenvalue weighted by Crippen LogP contribution is 2.39. The van der Waals surface area contributed by atoms with Crippen molar-refractivity contribution in [1.82, 2.24) is 0 Å². The third kappa shape index (κ3) is 5.43. The molecule has 0 amide bonds. The Morgan fingerprint density at radius 3 is 2.06 bits per heavy atom. The number of halogens is 5. The quantitative estimate of drug-likeness (QED) is 0.254. The van der Waals surface area contributed by atoms with E-state index in [1.807, 2.05) is 6.07 Å². The molecule has 0 spiro atoms. The van der Waals surface area contributed by atoms with Gasteiger partial charge in [0.05, 0.1) is 0 Å². The van der Waals surface area contributed by atoms with E-state index in [1.54, 1.807) is 6.07 Å². The molecule has 1 fully saturated rings. The SMILES string of the molecule is C.CCC[C@H]1CC[C@H](c2ccc(-c3cccc(Oc4cc(F)c(F)c(F)c4)c3F)c(F)c2)CC1. The molecule has 1 saturated carbocycles. The molecule has 0 atom stereocenters. The molecule has 1 nitrogen and oxygen atoms in total. The zero-order valence-corrected chi connectivity index (χ0v) is 18.3. The molecule has 6 heteroatoms. The second-order valence-corrected chi connectivity index (χ2v) is 8.67. The van der Waals surface area contributed by atoms with Gasteiger partial charge >= 0.3 is 0 Å². The molecule has 0 saturated heterocycles. The standard InChI is InChI=1S/C27H25F5O.CH4/c1-2-4-16-7-9-17(10-8-16)18-11-12-20(22(28)13-18)21-5-3-6-25(26(21)31)33-19-14-23(29)27(32)24(30)15-19;/h3,5-6,11-17H,2,4,7-10H2,1H3;1H4/t16-,17-;. The summed E-state index contributed by atoms with van der Waals surface area (Å²) < 4.78 is 75.4. The Labute approximate surface area is 197 Å². The van der Waals surface area contributed by atoms with Crippen molar-refractivity contribution >= 4 is 0 Å². The molecule has 4 rings (SSSR count). The molecule has 0 aliphatic heterocycles. The Hall–Kier alpha value is -2.89. The minimum Gasteiger partial charge on any atom is -0.454 e. The molecule has 0 N–H and O–H groups in total. The van der Waals surface area contributed by atoms with Crippen molar-refractivity contribution in [3.05, 3.63) is 83.2 Å². The summed E-state index contributed by atoms with van der Waals surface area (Å²) in [5, 5.41) is 0. The maximum atomic E-state index is 15.1. The van der Waals surface area contributed by atoms with Crippen molar-refractivity contribution in [2.75, 3.05) is 0 Å². The third-order valence-corrected chi connectivity index (χ3v) is 6.45. The molecular formula is C28H29F5O. The van der Waals surface area contributed by atoms with Crippen LogP contribution in [0.1, 0.15) is 64.4 Å². The Kier molecular flexibility index (Phi) is 8.34. The summed E-state index contributed by atoms with van der Waals surface area (Å²) in [4.78, 5) is 0. The van der Waals surface area contributed by atoms with Gasteiger partial charge in [-0.2, -0.15) is 0 Å². The average Bonchev–Trinajstić information content (AvgIpc) is 2.80. The second-order valence-electron chi connectivity index (χ2n) is 8.67. The molecule has 3 aromatic carbocycles. The normalized spacial score (nSPS) is 17.8. The predicted octanol–water partition coefficient (Wildman–Crippen LogP) is 9.55. The van der Waals surface area contributed by atoms with E-state index < -0.39 is 34.8 Å². The van der Waals surface area contributed by atoms with E-state index in [2.05, 4.69) is 6.92 Å². The molecule has 0 radical (unpaired) electrons. The first-order chi connectivity index (χ1) is 15.9. The maximum Gasteiger partial charge on any atom is 0.194 e. The molecule has 1 aliphatic rings. The summed E-state index contributed by atoms with van der Waals surface area (Å²) in [7, 11) is 0. The molecular weight excluding hydrogens is 447 g/mol. The van der Waals surface area contributed by atoms with Crippen molar-refractivity contribution in [1.29, 1.82) is 0 Å². The lowest BCUT2D eigenvalue weighted by atomic mass is 9.77. The molecule has 0 aromatic heterocycles. The van der Waals surface area contributed by atoms with Gasteiger partial charge < -0.3 is 4.74 Å². The van der Waals surface area contributed by atoms with Gasteiger partial charge in [-0.05, 0) is 55.2 Å². The lowest BCUT2D eigenvalue weighted by molar-refractivity contribution is 0.308. The highest BCUT2D eigenvalue weighted by atomic mass is 19.2. The predicted molar refractivity (Wildman–Crippen MR) is 125 cm³/mol. The zero-order chi connectivity index (χ0) is 23.5. The summed E-state index contributed by atoms with van der Waals surface area (Å²) >= 11 is 0. The van der Waals surface area contributed by atoms with Gasteiger partial charge in [-0.1, -0.05) is 51.5 Å². The van der Waals surface area contributed by atoms with Crippen LogP contribution in [0.4, 0.5) is 22.0 Å². The summed E-state index contributed by atoms with van der Waals surface area (Å²) in [6.07, 6.45) is 6.73. The summed E-state index contributed by atoms with van der Waals surface area (Å²) in [5.74, 6) is -5.68. The Morgan fingerprint density at radius 1 is 0.765 bits per heavy atom. The molecule has 182 valence electrons. The van der Waals surface area contributed by atoms with Crippen LogP contribution < -0.4 is 4.74 Å². The molecule has 0 unspecified atom stereocenters. The van der Waals surface area contributed by atoms with Gasteiger partial charge in [0.25, 0.3) is 0 Å². The van der Waals surface area contributed by atoms with Crippen molar-refractivity contribution < 1.29 is 26.7 Å². The van der Waals surface area contributed by atoms with Crippen LogP contribution in [0.2, 0.25) is 0 Å². The number of benzene rings is 3. The van der Waals surface area contributed by atoms with E-state index in [9.17, 15) is 13.2 Å². The van der Waals surface area contributed by atoms with Crippen molar-refractivity contribution in [2.24, 2.45) is 5.92 Å². The minimum absolute atomic E-state index is 0. The third-order valence-electron chi connectivity index (χ3n) is 6.45. The molecule has 0 bridgehead atoms. The number of hydrogen-bond acceptors (Lipinski definition) is 1. The summed E-state index contributed by atoms with van der Waals surface area (Å²) in [5.41, 5.74) is 0.945. The molecule has 34 heavy (non-hydrogen) atoms. The largest absolute Gasteiger partial charge is 0.454 e. The van der Waals surface area contributed by atoms with Crippen LogP contribution in [0.15, 0.2) is 48.5 Å². The van der Waals surface area contributed by atoms with Crippen LogP contribution in [0.25, 0.3) is 11.1 Å². The summed E-state index contributed by atoms with van der Waals surface area (Å²) in [6, 6.07) is 10.2. The van der Waals surface area contributed by atoms with Gasteiger partial charge in [0, 0.05) is 23.3 Å². The van der Waals surface area contributed by atoms with Crippen LogP contribution in [0.5, 0.6) is 11.5 Å². The van der Waals surface area contributed by atoms with Crippen molar-refractivity contribution in [3.8, 4) is 22.6 Å². The minimum atomic E-state index is -1.64. The second kappa shape index (κ2) is 11.0. The monoisotopic (exact) mass is 476 g/mol. The highest BCUT2D eigenvalue weighted by Gasteiger charge is 2.23. The average molecular weight is 477 g/mol. The van der Waals surface area contributed by atoms with Crippen molar-refractivity contribution in [3.63, 3.8) is 0 Å². The Bertz CT molecular complexity index is 1110. The van der Waals surface area contributed by atoms with Gasteiger partial charge in [-0.15, -0.1) is 0 Å². The Balaban J connectivity index is 0.00000324. The lowest BCUT2D eigenvalue weighted by Crippen LogP contribution is -2.13. The highest BCUT2D eigenvalue weighted by molar-refractivity contribution is 5.67. The van der Waals surface area contributed by atoms with Crippen LogP contribution in [0.3, 0.4) is 0 Å². The number of hydrogen-bond donors (Lipinski definition) is 0. The first kappa shape index (κ1) is 25.7. The fraction of sp³-hybridized carbons (Fsp3) is 0.357. The van der Waals surface area contributed by atoms with E-state index in [-0.39, 0.29) is 24.3 Å². The van der Waals surface area contributed by atoms with Crippen LogP contribution in [0, 0.1) is 35.0 Å². The van der Waals surface area contributed by atoms with Gasteiger partial charge in [0.2, 0.25) is 0 Å². The molecule has 0 heterocycles. The fourth-order valence-electron chi connectivity index (χ4n) is 4.71. The first-order valence-corrected chi connectivity index (χ1v) is 11.3. The molecule has 3 aromatic rings. The molecule has 1 aliphatic carbocycles. The summed E-state index contributed by atoms with van der Waals surface area (Å²) in [6.45, 7) is 2.19. The van der Waals surface area contributed by atoms with Gasteiger partial charge in [0.15, 0.2) is 29.0 Å².